The van der Waals surface area contributed by atoms with Gasteiger partial charge in [0.1, 0.15) is 0 Å². The Labute approximate surface area is 107 Å². The van der Waals surface area contributed by atoms with Crippen LogP contribution in [0.5, 0.6) is 0 Å². The Hall–Kier alpha value is -0.120. The number of nitrogens with zero attached hydrogens (tertiary/aromatic N) is 2. The molecule has 100 valence electrons. The number of hydrogen-bond acceptors (Lipinski definition) is 3. The minimum atomic E-state index is 0.776. The van der Waals surface area contributed by atoms with Crippen molar-refractivity contribution in [2.24, 2.45) is 0 Å². The third-order valence-corrected chi connectivity index (χ3v) is 4.60. The number of nitrogens with one attached hydrogen (secondary N) is 1. The molecular formula is C14H29N3. The maximum atomic E-state index is 3.70. The second-order valence-corrected chi connectivity index (χ2v) is 5.92. The highest BCUT2D eigenvalue weighted by molar-refractivity contribution is 4.80. The van der Waals surface area contributed by atoms with E-state index in [0.29, 0.717) is 0 Å². The lowest BCUT2D eigenvalue weighted by Gasteiger charge is -2.35. The summed E-state index contributed by atoms with van der Waals surface area (Å²) in [7, 11) is 4.55. The van der Waals surface area contributed by atoms with E-state index in [2.05, 4.69) is 29.2 Å². The summed E-state index contributed by atoms with van der Waals surface area (Å²) in [6.07, 6.45) is 8.37. The lowest BCUT2D eigenvalue weighted by molar-refractivity contribution is 0.160. The van der Waals surface area contributed by atoms with Crippen LogP contribution in [0.3, 0.4) is 0 Å². The van der Waals surface area contributed by atoms with E-state index in [9.17, 15) is 0 Å². The summed E-state index contributed by atoms with van der Waals surface area (Å²) in [5, 5.41) is 3.70. The van der Waals surface area contributed by atoms with Crippen LogP contribution in [0.15, 0.2) is 0 Å². The normalized spacial score (nSPS) is 32.8. The van der Waals surface area contributed by atoms with Crippen molar-refractivity contribution in [2.75, 3.05) is 40.3 Å². The Kier molecular flexibility index (Phi) is 5.26. The molecule has 3 nitrogen and oxygen atoms in total. The molecule has 3 heteroatoms. The van der Waals surface area contributed by atoms with Gasteiger partial charge in [0.05, 0.1) is 0 Å². The second kappa shape index (κ2) is 6.72. The van der Waals surface area contributed by atoms with E-state index < -0.39 is 0 Å². The zero-order chi connectivity index (χ0) is 12.1. The molecule has 0 aromatic carbocycles. The van der Waals surface area contributed by atoms with Crippen molar-refractivity contribution in [1.82, 2.24) is 15.1 Å². The predicted octanol–water partition coefficient (Wildman–Crippen LogP) is 1.54. The van der Waals surface area contributed by atoms with Gasteiger partial charge in [-0.2, -0.15) is 0 Å². The fraction of sp³-hybridized carbons (Fsp3) is 1.00. The first-order valence-electron chi connectivity index (χ1n) is 7.38. The summed E-state index contributed by atoms with van der Waals surface area (Å²) in [6, 6.07) is 1.55. The van der Waals surface area contributed by atoms with Gasteiger partial charge in [-0.3, -0.25) is 0 Å². The number of likely N-dealkylation sites (N-methyl/N-ethyl adjacent to an activating group) is 2. The summed E-state index contributed by atoms with van der Waals surface area (Å²) in [5.41, 5.74) is 0. The average molecular weight is 239 g/mol. The molecule has 17 heavy (non-hydrogen) atoms. The average Bonchev–Trinajstić information content (AvgIpc) is 2.34. The Balaban J connectivity index is 1.64. The van der Waals surface area contributed by atoms with E-state index in [0.717, 1.165) is 12.1 Å². The third kappa shape index (κ3) is 3.94. The second-order valence-electron chi connectivity index (χ2n) is 5.92. The lowest BCUT2D eigenvalue weighted by Crippen LogP contribution is -2.48. The van der Waals surface area contributed by atoms with E-state index in [-0.39, 0.29) is 0 Å². The molecule has 2 rings (SSSR count). The van der Waals surface area contributed by atoms with E-state index in [1.54, 1.807) is 0 Å². The SMILES string of the molecule is CN1CCCCC1CNCC1CCCCN1C. The zero-order valence-electron chi connectivity index (χ0n) is 11.6. The minimum absolute atomic E-state index is 0.776. The fourth-order valence-corrected chi connectivity index (χ4v) is 3.22. The summed E-state index contributed by atoms with van der Waals surface area (Å²) < 4.78 is 0. The standard InChI is InChI=1S/C14H29N3/c1-16-9-5-3-7-13(16)11-15-12-14-8-4-6-10-17(14)2/h13-15H,3-12H2,1-2H3. The van der Waals surface area contributed by atoms with Crippen molar-refractivity contribution in [1.29, 1.82) is 0 Å². The van der Waals surface area contributed by atoms with Crippen LogP contribution in [-0.4, -0.2) is 62.2 Å². The van der Waals surface area contributed by atoms with Crippen molar-refractivity contribution < 1.29 is 0 Å². The summed E-state index contributed by atoms with van der Waals surface area (Å²) in [6.45, 7) is 4.94. The Bertz CT molecular complexity index is 198. The first-order chi connectivity index (χ1) is 8.27. The molecule has 2 aliphatic heterocycles. The van der Waals surface area contributed by atoms with Gasteiger partial charge in [0.25, 0.3) is 0 Å². The molecule has 1 N–H and O–H groups in total. The molecule has 0 amide bonds. The van der Waals surface area contributed by atoms with Gasteiger partial charge in [-0.25, -0.2) is 0 Å². The van der Waals surface area contributed by atoms with Gasteiger partial charge in [-0.15, -0.1) is 0 Å². The fourth-order valence-electron chi connectivity index (χ4n) is 3.22. The van der Waals surface area contributed by atoms with Crippen LogP contribution in [0.1, 0.15) is 38.5 Å². The molecule has 0 spiro atoms. The predicted molar refractivity (Wildman–Crippen MR) is 73.4 cm³/mol. The van der Waals surface area contributed by atoms with Crippen molar-refractivity contribution in [3.05, 3.63) is 0 Å². The first-order valence-corrected chi connectivity index (χ1v) is 7.38. The number of rotatable bonds is 4. The Morgan fingerprint density at radius 3 is 1.71 bits per heavy atom. The summed E-state index contributed by atoms with van der Waals surface area (Å²) in [4.78, 5) is 5.06. The van der Waals surface area contributed by atoms with Crippen molar-refractivity contribution in [3.63, 3.8) is 0 Å². The van der Waals surface area contributed by atoms with Crippen molar-refractivity contribution in [3.8, 4) is 0 Å². The van der Waals surface area contributed by atoms with Gasteiger partial charge in [0, 0.05) is 25.2 Å². The van der Waals surface area contributed by atoms with Crippen LogP contribution in [-0.2, 0) is 0 Å². The monoisotopic (exact) mass is 239 g/mol. The molecule has 0 saturated carbocycles. The Morgan fingerprint density at radius 2 is 1.29 bits per heavy atom. The molecule has 2 fully saturated rings. The van der Waals surface area contributed by atoms with Crippen molar-refractivity contribution in [2.45, 2.75) is 50.6 Å². The lowest BCUT2D eigenvalue weighted by atomic mass is 10.0. The number of hydrogen-bond donors (Lipinski definition) is 1. The van der Waals surface area contributed by atoms with Gasteiger partial charge in [0.15, 0.2) is 0 Å². The zero-order valence-corrected chi connectivity index (χ0v) is 11.6. The number of likely N-dealkylation sites (tertiary alicyclic amines) is 2. The molecule has 0 aromatic rings. The van der Waals surface area contributed by atoms with E-state index in [1.807, 2.05) is 0 Å². The van der Waals surface area contributed by atoms with Crippen LogP contribution in [0.2, 0.25) is 0 Å². The van der Waals surface area contributed by atoms with Crippen LogP contribution >= 0.6 is 0 Å². The molecule has 2 aliphatic rings. The van der Waals surface area contributed by atoms with Crippen LogP contribution in [0.25, 0.3) is 0 Å². The van der Waals surface area contributed by atoms with Gasteiger partial charge in [-0.1, -0.05) is 12.8 Å². The third-order valence-electron chi connectivity index (χ3n) is 4.60. The maximum absolute atomic E-state index is 3.70. The summed E-state index contributed by atoms with van der Waals surface area (Å²) in [5.74, 6) is 0. The Morgan fingerprint density at radius 1 is 0.824 bits per heavy atom. The van der Waals surface area contributed by atoms with Gasteiger partial charge in [0.2, 0.25) is 0 Å². The van der Waals surface area contributed by atoms with Gasteiger partial charge >= 0.3 is 0 Å². The number of piperidine rings is 2. The highest BCUT2D eigenvalue weighted by atomic mass is 15.2. The molecular weight excluding hydrogens is 210 g/mol. The molecule has 0 radical (unpaired) electrons. The topological polar surface area (TPSA) is 18.5 Å². The summed E-state index contributed by atoms with van der Waals surface area (Å²) >= 11 is 0. The highest BCUT2D eigenvalue weighted by Crippen LogP contribution is 2.16. The molecule has 0 aromatic heterocycles. The largest absolute Gasteiger partial charge is 0.314 e. The highest BCUT2D eigenvalue weighted by Gasteiger charge is 2.21. The molecule has 2 unspecified atom stereocenters. The smallest absolute Gasteiger partial charge is 0.0217 e. The first kappa shape index (κ1) is 13.3. The van der Waals surface area contributed by atoms with Crippen LogP contribution < -0.4 is 5.32 Å². The molecule has 2 saturated heterocycles. The maximum Gasteiger partial charge on any atom is 0.0217 e. The van der Waals surface area contributed by atoms with E-state index in [1.165, 1.54) is 64.7 Å². The molecule has 2 heterocycles. The minimum Gasteiger partial charge on any atom is -0.314 e. The van der Waals surface area contributed by atoms with Gasteiger partial charge < -0.3 is 15.1 Å². The van der Waals surface area contributed by atoms with Crippen molar-refractivity contribution >= 4 is 0 Å². The van der Waals surface area contributed by atoms with E-state index in [4.69, 9.17) is 0 Å². The molecule has 0 bridgehead atoms. The molecule has 0 aliphatic carbocycles. The quantitative estimate of drug-likeness (QED) is 0.803. The van der Waals surface area contributed by atoms with E-state index >= 15 is 0 Å². The van der Waals surface area contributed by atoms with Gasteiger partial charge in [-0.05, 0) is 52.9 Å². The van der Waals surface area contributed by atoms with Crippen LogP contribution in [0, 0.1) is 0 Å². The van der Waals surface area contributed by atoms with Crippen LogP contribution in [0.4, 0.5) is 0 Å². The molecule has 2 atom stereocenters.